The van der Waals surface area contributed by atoms with Crippen molar-refractivity contribution < 1.29 is 17.9 Å². The Hall–Kier alpha value is -2.37. The molecule has 0 saturated heterocycles. The zero-order chi connectivity index (χ0) is 17.3. The number of sulfone groups is 1. The summed E-state index contributed by atoms with van der Waals surface area (Å²) < 4.78 is 38.6. The van der Waals surface area contributed by atoms with Crippen molar-refractivity contribution in [2.24, 2.45) is 0 Å². The van der Waals surface area contributed by atoms with Gasteiger partial charge in [0.15, 0.2) is 0 Å². The third kappa shape index (κ3) is 3.00. The Balaban J connectivity index is 2.10. The van der Waals surface area contributed by atoms with E-state index in [1.54, 1.807) is 18.2 Å². The van der Waals surface area contributed by atoms with Gasteiger partial charge in [0, 0.05) is 5.56 Å². The third-order valence-corrected chi connectivity index (χ3v) is 5.80. The Morgan fingerprint density at radius 2 is 1.62 bits per heavy atom. The summed E-state index contributed by atoms with van der Waals surface area (Å²) in [4.78, 5) is 0.0864. The maximum atomic E-state index is 13.4. The van der Waals surface area contributed by atoms with E-state index < -0.39 is 15.7 Å². The van der Waals surface area contributed by atoms with Crippen LogP contribution in [-0.4, -0.2) is 13.5 Å². The molecule has 0 aliphatic heterocycles. The predicted octanol–water partition coefficient (Wildman–Crippen LogP) is 4.68. The van der Waals surface area contributed by atoms with E-state index in [4.69, 9.17) is 11.6 Å². The Bertz CT molecular complexity index is 1000. The predicted molar refractivity (Wildman–Crippen MR) is 90.4 cm³/mol. The number of rotatable bonds is 3. The molecule has 3 nitrogen and oxygen atoms in total. The molecule has 3 rings (SSSR count). The van der Waals surface area contributed by atoms with Crippen LogP contribution in [0.2, 0.25) is 5.02 Å². The molecule has 6 heteroatoms. The summed E-state index contributed by atoms with van der Waals surface area (Å²) in [6, 6.07) is 15.7. The molecular formula is C18H12ClFO3S. The van der Waals surface area contributed by atoms with Crippen molar-refractivity contribution in [1.29, 1.82) is 0 Å². The molecule has 122 valence electrons. The number of aromatic hydroxyl groups is 1. The van der Waals surface area contributed by atoms with Crippen LogP contribution in [0.5, 0.6) is 5.75 Å². The molecular weight excluding hydrogens is 351 g/mol. The summed E-state index contributed by atoms with van der Waals surface area (Å²) in [7, 11) is -3.76. The number of phenolic OH excluding ortho intramolecular Hbond substituents is 1. The van der Waals surface area contributed by atoms with Gasteiger partial charge in [-0.15, -0.1) is 0 Å². The van der Waals surface area contributed by atoms with Crippen molar-refractivity contribution in [3.05, 3.63) is 77.6 Å². The molecule has 0 unspecified atom stereocenters. The van der Waals surface area contributed by atoms with Gasteiger partial charge in [0.2, 0.25) is 9.84 Å². The van der Waals surface area contributed by atoms with Crippen molar-refractivity contribution in [1.82, 2.24) is 0 Å². The lowest BCUT2D eigenvalue weighted by atomic mass is 10.0. The van der Waals surface area contributed by atoms with Gasteiger partial charge >= 0.3 is 0 Å². The minimum Gasteiger partial charge on any atom is -0.507 e. The lowest BCUT2D eigenvalue weighted by Gasteiger charge is -2.10. The Morgan fingerprint density at radius 3 is 2.29 bits per heavy atom. The van der Waals surface area contributed by atoms with Gasteiger partial charge in [-0.25, -0.2) is 12.8 Å². The number of halogens is 2. The average molecular weight is 363 g/mol. The van der Waals surface area contributed by atoms with Gasteiger partial charge in [0.05, 0.1) is 14.8 Å². The molecule has 0 heterocycles. The highest BCUT2D eigenvalue weighted by Gasteiger charge is 2.21. The molecule has 0 fully saturated rings. The van der Waals surface area contributed by atoms with Crippen LogP contribution in [-0.2, 0) is 9.84 Å². The van der Waals surface area contributed by atoms with Gasteiger partial charge in [0.1, 0.15) is 11.6 Å². The van der Waals surface area contributed by atoms with Crippen molar-refractivity contribution in [3.63, 3.8) is 0 Å². The van der Waals surface area contributed by atoms with E-state index in [1.807, 2.05) is 0 Å². The van der Waals surface area contributed by atoms with Crippen LogP contribution in [0.4, 0.5) is 4.39 Å². The Kier molecular flexibility index (Phi) is 4.30. The fraction of sp³-hybridized carbons (Fsp3) is 0. The number of benzene rings is 3. The maximum absolute atomic E-state index is 13.4. The molecule has 0 bridgehead atoms. The van der Waals surface area contributed by atoms with E-state index in [0.717, 1.165) is 12.1 Å². The quantitative estimate of drug-likeness (QED) is 0.735. The van der Waals surface area contributed by atoms with Crippen LogP contribution in [0.3, 0.4) is 0 Å². The molecule has 0 spiro atoms. The first-order chi connectivity index (χ1) is 11.4. The highest BCUT2D eigenvalue weighted by molar-refractivity contribution is 7.91. The van der Waals surface area contributed by atoms with Crippen LogP contribution in [0.1, 0.15) is 0 Å². The van der Waals surface area contributed by atoms with Crippen molar-refractivity contribution >= 4 is 21.4 Å². The van der Waals surface area contributed by atoms with Gasteiger partial charge in [-0.1, -0.05) is 35.9 Å². The van der Waals surface area contributed by atoms with E-state index in [1.165, 1.54) is 36.4 Å². The molecule has 0 saturated carbocycles. The van der Waals surface area contributed by atoms with Gasteiger partial charge in [-0.05, 0) is 48.0 Å². The number of hydrogen-bond donors (Lipinski definition) is 1. The molecule has 0 radical (unpaired) electrons. The van der Waals surface area contributed by atoms with Crippen LogP contribution in [0.25, 0.3) is 11.1 Å². The molecule has 0 aromatic heterocycles. The molecule has 1 N–H and O–H groups in total. The standard InChI is InChI=1S/C18H12ClFO3S/c19-16-10-12(15-11-13(20)7-8-17(15)21)6-9-18(16)24(22,23)14-4-2-1-3-5-14/h1-11,21H. The van der Waals surface area contributed by atoms with E-state index in [0.29, 0.717) is 5.56 Å². The zero-order valence-corrected chi connectivity index (χ0v) is 13.9. The first kappa shape index (κ1) is 16.5. The second kappa shape index (κ2) is 6.26. The summed E-state index contributed by atoms with van der Waals surface area (Å²) >= 11 is 6.15. The van der Waals surface area contributed by atoms with Gasteiger partial charge < -0.3 is 5.11 Å². The van der Waals surface area contributed by atoms with E-state index in [-0.39, 0.29) is 26.1 Å². The number of hydrogen-bond acceptors (Lipinski definition) is 3. The lowest BCUT2D eigenvalue weighted by molar-refractivity contribution is 0.475. The molecule has 0 amide bonds. The molecule has 3 aromatic carbocycles. The van der Waals surface area contributed by atoms with Crippen LogP contribution in [0.15, 0.2) is 76.5 Å². The normalized spacial score (nSPS) is 11.4. The van der Waals surface area contributed by atoms with Crippen molar-refractivity contribution in [3.8, 4) is 16.9 Å². The third-order valence-electron chi connectivity index (χ3n) is 3.54. The maximum Gasteiger partial charge on any atom is 0.208 e. The van der Waals surface area contributed by atoms with Crippen LogP contribution in [0, 0.1) is 5.82 Å². The largest absolute Gasteiger partial charge is 0.507 e. The minimum atomic E-state index is -3.76. The molecule has 0 aliphatic rings. The molecule has 24 heavy (non-hydrogen) atoms. The molecule has 0 atom stereocenters. The highest BCUT2D eigenvalue weighted by Crippen LogP contribution is 2.35. The molecule has 3 aromatic rings. The summed E-state index contributed by atoms with van der Waals surface area (Å²) in [5.74, 6) is -0.633. The summed E-state index contributed by atoms with van der Waals surface area (Å²) in [6.45, 7) is 0. The smallest absolute Gasteiger partial charge is 0.208 e. The topological polar surface area (TPSA) is 54.4 Å². The monoisotopic (exact) mass is 362 g/mol. The summed E-state index contributed by atoms with van der Waals surface area (Å²) in [6.07, 6.45) is 0. The van der Waals surface area contributed by atoms with Crippen molar-refractivity contribution in [2.75, 3.05) is 0 Å². The zero-order valence-electron chi connectivity index (χ0n) is 12.3. The Morgan fingerprint density at radius 1 is 0.917 bits per heavy atom. The fourth-order valence-electron chi connectivity index (χ4n) is 2.35. The SMILES string of the molecule is O=S(=O)(c1ccccc1)c1ccc(-c2cc(F)ccc2O)cc1Cl. The second-order valence-electron chi connectivity index (χ2n) is 5.12. The highest BCUT2D eigenvalue weighted by atomic mass is 35.5. The second-order valence-corrected chi connectivity index (χ2v) is 7.45. The fourth-order valence-corrected chi connectivity index (χ4v) is 4.17. The van der Waals surface area contributed by atoms with Crippen molar-refractivity contribution in [2.45, 2.75) is 9.79 Å². The van der Waals surface area contributed by atoms with E-state index in [2.05, 4.69) is 0 Å². The van der Waals surface area contributed by atoms with E-state index in [9.17, 15) is 17.9 Å². The first-order valence-corrected chi connectivity index (χ1v) is 8.84. The minimum absolute atomic E-state index is 0.0000132. The lowest BCUT2D eigenvalue weighted by Crippen LogP contribution is -2.02. The van der Waals surface area contributed by atoms with Gasteiger partial charge in [-0.3, -0.25) is 0 Å². The van der Waals surface area contributed by atoms with Crippen LogP contribution >= 0.6 is 11.6 Å². The van der Waals surface area contributed by atoms with Gasteiger partial charge in [-0.2, -0.15) is 0 Å². The number of phenols is 1. The first-order valence-electron chi connectivity index (χ1n) is 6.98. The average Bonchev–Trinajstić information content (AvgIpc) is 2.57. The van der Waals surface area contributed by atoms with E-state index >= 15 is 0 Å². The van der Waals surface area contributed by atoms with Gasteiger partial charge in [0.25, 0.3) is 0 Å². The summed E-state index contributed by atoms with van der Waals surface area (Å²) in [5.41, 5.74) is 0.657. The summed E-state index contributed by atoms with van der Waals surface area (Å²) in [5, 5.41) is 9.86. The van der Waals surface area contributed by atoms with Crippen LogP contribution < -0.4 is 0 Å². The Labute approximate surface area is 143 Å². The molecule has 0 aliphatic carbocycles.